The summed E-state index contributed by atoms with van der Waals surface area (Å²) in [4.78, 5) is 51.4. The number of amides is 2. The molecule has 3 aromatic rings. The molecule has 0 heterocycles. The minimum Gasteiger partial charge on any atom is -0.461 e. The van der Waals surface area contributed by atoms with Gasteiger partial charge in [0.15, 0.2) is 0 Å². The zero-order valence-electron chi connectivity index (χ0n) is 24.0. The van der Waals surface area contributed by atoms with Gasteiger partial charge in [0.05, 0.1) is 0 Å². The molecule has 222 valence electrons. The molecule has 0 saturated heterocycles. The molecule has 0 aromatic heterocycles. The molecule has 9 heteroatoms. The summed E-state index contributed by atoms with van der Waals surface area (Å²) in [6.07, 6.45) is -0.622. The second-order valence-corrected chi connectivity index (χ2v) is 10.2. The highest BCUT2D eigenvalue weighted by Gasteiger charge is 2.29. The van der Waals surface area contributed by atoms with E-state index < -0.39 is 36.0 Å². The molecule has 0 bridgehead atoms. The predicted octanol–water partition coefficient (Wildman–Crippen LogP) is 5.08. The van der Waals surface area contributed by atoms with Crippen molar-refractivity contribution in [1.29, 1.82) is 0 Å². The number of rotatable bonds is 15. The quantitative estimate of drug-likeness (QED) is 0.192. The number of hydrogen-bond donors (Lipinski definition) is 2. The van der Waals surface area contributed by atoms with Crippen LogP contribution in [0.4, 0.5) is 4.79 Å². The fourth-order valence-electron chi connectivity index (χ4n) is 4.03. The molecule has 0 aliphatic heterocycles. The molecule has 0 aliphatic carbocycles. The molecule has 42 heavy (non-hydrogen) atoms. The molecule has 2 N–H and O–H groups in total. The van der Waals surface area contributed by atoms with E-state index in [2.05, 4.69) is 10.6 Å². The molecule has 0 unspecified atom stereocenters. The van der Waals surface area contributed by atoms with Crippen LogP contribution in [0.1, 0.15) is 49.8 Å². The SMILES string of the molecule is CC(C)C[C@H](NC(=O)OCc1ccccc1)C(=O)N[C@@H](CCC(=O)OCc1ccccc1)C(=O)OCc1ccccc1. The Bertz CT molecular complexity index is 1270. The molecular formula is C33H38N2O7. The van der Waals surface area contributed by atoms with Crippen molar-refractivity contribution in [2.75, 3.05) is 0 Å². The van der Waals surface area contributed by atoms with Crippen LogP contribution in [0.15, 0.2) is 91.0 Å². The molecule has 2 amide bonds. The first-order valence-corrected chi connectivity index (χ1v) is 14.0. The summed E-state index contributed by atoms with van der Waals surface area (Å²) in [5, 5.41) is 5.28. The van der Waals surface area contributed by atoms with Crippen LogP contribution in [-0.4, -0.2) is 36.0 Å². The molecule has 3 aromatic carbocycles. The van der Waals surface area contributed by atoms with Crippen molar-refractivity contribution < 1.29 is 33.4 Å². The van der Waals surface area contributed by atoms with E-state index in [1.54, 1.807) is 0 Å². The van der Waals surface area contributed by atoms with E-state index in [0.29, 0.717) is 6.42 Å². The average molecular weight is 575 g/mol. The minimum atomic E-state index is -1.14. The van der Waals surface area contributed by atoms with Gasteiger partial charge in [0.1, 0.15) is 31.9 Å². The van der Waals surface area contributed by atoms with Crippen LogP contribution in [0, 0.1) is 5.92 Å². The lowest BCUT2D eigenvalue weighted by Crippen LogP contribution is -2.52. The molecule has 0 spiro atoms. The Morgan fingerprint density at radius 2 is 1.10 bits per heavy atom. The number of esters is 2. The largest absolute Gasteiger partial charge is 0.461 e. The van der Waals surface area contributed by atoms with Crippen molar-refractivity contribution in [2.24, 2.45) is 5.92 Å². The van der Waals surface area contributed by atoms with Crippen molar-refractivity contribution in [3.8, 4) is 0 Å². The summed E-state index contributed by atoms with van der Waals surface area (Å²) < 4.78 is 16.1. The maximum Gasteiger partial charge on any atom is 0.408 e. The van der Waals surface area contributed by atoms with Gasteiger partial charge in [0.2, 0.25) is 5.91 Å². The number of nitrogens with one attached hydrogen (secondary N) is 2. The van der Waals surface area contributed by atoms with Gasteiger partial charge in [-0.3, -0.25) is 9.59 Å². The number of carbonyl (C=O) groups excluding carboxylic acids is 4. The van der Waals surface area contributed by atoms with E-state index in [-0.39, 0.29) is 38.6 Å². The molecule has 2 atom stereocenters. The van der Waals surface area contributed by atoms with Gasteiger partial charge in [-0.25, -0.2) is 9.59 Å². The van der Waals surface area contributed by atoms with Crippen LogP contribution < -0.4 is 10.6 Å². The standard InChI is InChI=1S/C33H38N2O7/c1-24(2)20-29(35-33(39)42-23-27-16-10-5-11-17-27)31(37)34-28(32(38)41-22-26-14-8-4-9-15-26)18-19-30(36)40-21-25-12-6-3-7-13-25/h3-17,24,28-29H,18-23H2,1-2H3,(H,34,37)(H,35,39)/t28-,29-/m0/s1. The van der Waals surface area contributed by atoms with E-state index in [0.717, 1.165) is 16.7 Å². The van der Waals surface area contributed by atoms with Crippen molar-refractivity contribution >= 4 is 23.9 Å². The van der Waals surface area contributed by atoms with Crippen molar-refractivity contribution in [2.45, 2.75) is 65.0 Å². The van der Waals surface area contributed by atoms with Crippen LogP contribution >= 0.6 is 0 Å². The number of carbonyl (C=O) groups is 4. The Kier molecular flexibility index (Phi) is 13.1. The van der Waals surface area contributed by atoms with Crippen LogP contribution in [0.2, 0.25) is 0 Å². The molecule has 0 saturated carbocycles. The lowest BCUT2D eigenvalue weighted by Gasteiger charge is -2.23. The first-order chi connectivity index (χ1) is 20.3. The normalized spacial score (nSPS) is 12.1. The zero-order chi connectivity index (χ0) is 30.2. The Labute approximate surface area is 246 Å². The van der Waals surface area contributed by atoms with Gasteiger partial charge in [-0.2, -0.15) is 0 Å². The third-order valence-electron chi connectivity index (χ3n) is 6.23. The number of alkyl carbamates (subject to hydrolysis) is 1. The van der Waals surface area contributed by atoms with E-state index in [9.17, 15) is 19.2 Å². The Morgan fingerprint density at radius 1 is 0.619 bits per heavy atom. The summed E-state index contributed by atoms with van der Waals surface area (Å²) in [6, 6.07) is 25.4. The van der Waals surface area contributed by atoms with Gasteiger partial charge in [-0.15, -0.1) is 0 Å². The molecule has 0 fully saturated rings. The smallest absolute Gasteiger partial charge is 0.408 e. The fraction of sp³-hybridized carbons (Fsp3) is 0.333. The number of hydrogen-bond acceptors (Lipinski definition) is 7. The molecule has 9 nitrogen and oxygen atoms in total. The lowest BCUT2D eigenvalue weighted by atomic mass is 10.0. The van der Waals surface area contributed by atoms with Crippen LogP contribution in [0.3, 0.4) is 0 Å². The molecule has 3 rings (SSSR count). The zero-order valence-corrected chi connectivity index (χ0v) is 24.0. The highest BCUT2D eigenvalue weighted by molar-refractivity contribution is 5.90. The van der Waals surface area contributed by atoms with Crippen molar-refractivity contribution in [1.82, 2.24) is 10.6 Å². The number of benzene rings is 3. The Hall–Kier alpha value is -4.66. The second kappa shape index (κ2) is 17.2. The van der Waals surface area contributed by atoms with Gasteiger partial charge >= 0.3 is 18.0 Å². The van der Waals surface area contributed by atoms with Gasteiger partial charge in [0, 0.05) is 6.42 Å². The van der Waals surface area contributed by atoms with Crippen molar-refractivity contribution in [3.63, 3.8) is 0 Å². The van der Waals surface area contributed by atoms with Crippen LogP contribution in [0.5, 0.6) is 0 Å². The third kappa shape index (κ3) is 11.8. The maximum atomic E-state index is 13.3. The average Bonchev–Trinajstić information content (AvgIpc) is 3.00. The predicted molar refractivity (Wildman–Crippen MR) is 157 cm³/mol. The van der Waals surface area contributed by atoms with E-state index in [1.807, 2.05) is 105 Å². The molecule has 0 radical (unpaired) electrons. The van der Waals surface area contributed by atoms with E-state index >= 15 is 0 Å². The highest BCUT2D eigenvalue weighted by atomic mass is 16.5. The maximum absolute atomic E-state index is 13.3. The monoisotopic (exact) mass is 574 g/mol. The summed E-state index contributed by atoms with van der Waals surface area (Å²) in [6.45, 7) is 3.96. The summed E-state index contributed by atoms with van der Waals surface area (Å²) in [5.74, 6) is -1.75. The lowest BCUT2D eigenvalue weighted by molar-refractivity contribution is -0.150. The molecule has 0 aliphatic rings. The second-order valence-electron chi connectivity index (χ2n) is 10.2. The van der Waals surface area contributed by atoms with E-state index in [4.69, 9.17) is 14.2 Å². The first kappa shape index (κ1) is 31.9. The summed E-state index contributed by atoms with van der Waals surface area (Å²) >= 11 is 0. The van der Waals surface area contributed by atoms with Gasteiger partial charge < -0.3 is 24.8 Å². The van der Waals surface area contributed by atoms with Crippen LogP contribution in [-0.2, 0) is 48.4 Å². The van der Waals surface area contributed by atoms with Crippen LogP contribution in [0.25, 0.3) is 0 Å². The fourth-order valence-corrected chi connectivity index (χ4v) is 4.03. The topological polar surface area (TPSA) is 120 Å². The van der Waals surface area contributed by atoms with Gasteiger partial charge in [-0.05, 0) is 35.4 Å². The Balaban J connectivity index is 1.62. The highest BCUT2D eigenvalue weighted by Crippen LogP contribution is 2.11. The summed E-state index contributed by atoms with van der Waals surface area (Å²) in [7, 11) is 0. The third-order valence-corrected chi connectivity index (χ3v) is 6.23. The first-order valence-electron chi connectivity index (χ1n) is 14.0. The minimum absolute atomic E-state index is 0.00395. The van der Waals surface area contributed by atoms with Crippen molar-refractivity contribution in [3.05, 3.63) is 108 Å². The van der Waals surface area contributed by atoms with Gasteiger partial charge in [0.25, 0.3) is 0 Å². The number of ether oxygens (including phenoxy) is 3. The Morgan fingerprint density at radius 3 is 1.60 bits per heavy atom. The molecular weight excluding hydrogens is 536 g/mol. The van der Waals surface area contributed by atoms with E-state index in [1.165, 1.54) is 0 Å². The van der Waals surface area contributed by atoms with Gasteiger partial charge in [-0.1, -0.05) is 105 Å². The summed E-state index contributed by atoms with van der Waals surface area (Å²) in [5.41, 5.74) is 2.41.